The minimum absolute atomic E-state index is 0.0920. The average molecular weight is 332 g/mol. The number of hydrogen-bond acceptors (Lipinski definition) is 6. The van der Waals surface area contributed by atoms with E-state index in [1.165, 1.54) is 11.5 Å². The Morgan fingerprint density at radius 3 is 2.81 bits per heavy atom. The topological polar surface area (TPSA) is 91.4 Å². The molecule has 0 aromatic carbocycles. The quantitative estimate of drug-likeness (QED) is 0.844. The molecule has 0 spiro atoms. The van der Waals surface area contributed by atoms with Crippen molar-refractivity contribution in [2.45, 2.75) is 25.8 Å². The van der Waals surface area contributed by atoms with Gasteiger partial charge in [0.05, 0.1) is 17.5 Å². The molecule has 9 heteroatoms. The molecule has 21 heavy (non-hydrogen) atoms. The highest BCUT2D eigenvalue weighted by atomic mass is 32.2. The van der Waals surface area contributed by atoms with Crippen LogP contribution in [0.1, 0.15) is 28.9 Å². The molecule has 1 saturated heterocycles. The monoisotopic (exact) mass is 332 g/mol. The lowest BCUT2D eigenvalue weighted by Gasteiger charge is -2.32. The van der Waals surface area contributed by atoms with Gasteiger partial charge < -0.3 is 10.2 Å². The van der Waals surface area contributed by atoms with E-state index in [1.54, 1.807) is 18.9 Å². The number of carbonyl (C=O) groups is 1. The van der Waals surface area contributed by atoms with Gasteiger partial charge in [-0.25, -0.2) is 13.1 Å². The van der Waals surface area contributed by atoms with Gasteiger partial charge in [0.1, 0.15) is 5.00 Å². The summed E-state index contributed by atoms with van der Waals surface area (Å²) in [7, 11) is -1.50. The van der Waals surface area contributed by atoms with Crippen LogP contribution in [0.4, 0.5) is 5.00 Å². The molecule has 2 N–H and O–H groups in total. The van der Waals surface area contributed by atoms with Crippen molar-refractivity contribution in [2.75, 3.05) is 31.7 Å². The molecule has 0 unspecified atom stereocenters. The lowest BCUT2D eigenvalue weighted by Crippen LogP contribution is -2.49. The summed E-state index contributed by atoms with van der Waals surface area (Å²) in [4.78, 5) is 14.3. The number of aromatic nitrogens is 1. The van der Waals surface area contributed by atoms with Crippen LogP contribution in [-0.4, -0.2) is 56.0 Å². The number of aryl methyl sites for hydroxylation is 1. The summed E-state index contributed by atoms with van der Waals surface area (Å²) in [5, 5.41) is 3.73. The highest BCUT2D eigenvalue weighted by Gasteiger charge is 2.29. The number of hydrogen-bond donors (Lipinski definition) is 2. The fraction of sp³-hybridized carbons (Fsp3) is 0.667. The molecule has 1 aliphatic rings. The van der Waals surface area contributed by atoms with Crippen LogP contribution in [0.2, 0.25) is 0 Å². The molecule has 1 atom stereocenters. The predicted octanol–water partition coefficient (Wildman–Crippen LogP) is 0.647. The second kappa shape index (κ2) is 6.29. The Morgan fingerprint density at radius 2 is 2.19 bits per heavy atom. The third-order valence-electron chi connectivity index (χ3n) is 3.39. The second-order valence-electron chi connectivity index (χ2n) is 5.20. The zero-order valence-electron chi connectivity index (χ0n) is 12.3. The Balaban J connectivity index is 2.14. The summed E-state index contributed by atoms with van der Waals surface area (Å²) in [5.74, 6) is -0.0920. The molecular weight excluding hydrogens is 312 g/mol. The Hall–Kier alpha value is -1.19. The van der Waals surface area contributed by atoms with Crippen molar-refractivity contribution < 1.29 is 13.2 Å². The molecule has 2 heterocycles. The van der Waals surface area contributed by atoms with Crippen LogP contribution in [0.15, 0.2) is 0 Å². The van der Waals surface area contributed by atoms with Crippen LogP contribution in [-0.2, 0) is 10.0 Å². The molecule has 1 fully saturated rings. The minimum atomic E-state index is -3.26. The van der Waals surface area contributed by atoms with Gasteiger partial charge in [-0.3, -0.25) is 4.79 Å². The first-order valence-corrected chi connectivity index (χ1v) is 9.39. The smallest absolute Gasteiger partial charge is 0.258 e. The number of amides is 1. The number of carbonyl (C=O) groups excluding carboxylic acids is 1. The lowest BCUT2D eigenvalue weighted by molar-refractivity contribution is 0.0703. The molecule has 2 rings (SSSR count). The highest BCUT2D eigenvalue weighted by Crippen LogP contribution is 2.26. The van der Waals surface area contributed by atoms with Gasteiger partial charge in [-0.15, -0.1) is 0 Å². The van der Waals surface area contributed by atoms with Crippen LogP contribution in [0.25, 0.3) is 0 Å². The van der Waals surface area contributed by atoms with E-state index in [2.05, 4.69) is 14.4 Å². The Kier molecular flexibility index (Phi) is 4.84. The van der Waals surface area contributed by atoms with Crippen molar-refractivity contribution >= 4 is 32.5 Å². The summed E-state index contributed by atoms with van der Waals surface area (Å²) in [6.45, 7) is 2.84. The normalized spacial score (nSPS) is 19.6. The largest absolute Gasteiger partial charge is 0.378 e. The van der Waals surface area contributed by atoms with E-state index in [-0.39, 0.29) is 11.9 Å². The average Bonchev–Trinajstić information content (AvgIpc) is 2.77. The van der Waals surface area contributed by atoms with Crippen molar-refractivity contribution in [1.82, 2.24) is 14.0 Å². The summed E-state index contributed by atoms with van der Waals surface area (Å²) >= 11 is 1.26. The fourth-order valence-electron chi connectivity index (χ4n) is 2.51. The standard InChI is InChI=1S/C12H20N4O3S2/c1-8-10(11(13-2)20-14-8)12(17)16-6-4-5-9(7-16)15-21(3,18)19/h9,13,15H,4-7H2,1-3H3/t9-/m1/s1. The molecule has 1 aromatic rings. The number of rotatable bonds is 4. The summed E-state index contributed by atoms with van der Waals surface area (Å²) in [5.41, 5.74) is 1.29. The second-order valence-corrected chi connectivity index (χ2v) is 7.76. The highest BCUT2D eigenvalue weighted by molar-refractivity contribution is 7.88. The van der Waals surface area contributed by atoms with Crippen LogP contribution in [0, 0.1) is 6.92 Å². The molecule has 0 bridgehead atoms. The van der Waals surface area contributed by atoms with Crippen molar-refractivity contribution in [3.63, 3.8) is 0 Å². The van der Waals surface area contributed by atoms with Crippen molar-refractivity contribution in [2.24, 2.45) is 0 Å². The summed E-state index contributed by atoms with van der Waals surface area (Å²) in [6.07, 6.45) is 2.67. The van der Waals surface area contributed by atoms with Gasteiger partial charge in [0.2, 0.25) is 10.0 Å². The van der Waals surface area contributed by atoms with Gasteiger partial charge in [0, 0.05) is 26.2 Å². The SMILES string of the molecule is CNc1snc(C)c1C(=O)N1CCC[C@@H](NS(C)(=O)=O)C1. The first-order valence-electron chi connectivity index (χ1n) is 6.72. The predicted molar refractivity (Wildman–Crippen MR) is 83.3 cm³/mol. The first-order chi connectivity index (χ1) is 9.81. The maximum absolute atomic E-state index is 12.6. The Morgan fingerprint density at radius 1 is 1.48 bits per heavy atom. The van der Waals surface area contributed by atoms with E-state index in [4.69, 9.17) is 0 Å². The van der Waals surface area contributed by atoms with Gasteiger partial charge >= 0.3 is 0 Å². The molecule has 1 amide bonds. The van der Waals surface area contributed by atoms with E-state index < -0.39 is 10.0 Å². The van der Waals surface area contributed by atoms with E-state index >= 15 is 0 Å². The third kappa shape index (κ3) is 3.92. The summed E-state index contributed by atoms with van der Waals surface area (Å²) in [6, 6.07) is -0.220. The lowest BCUT2D eigenvalue weighted by atomic mass is 10.1. The summed E-state index contributed by atoms with van der Waals surface area (Å²) < 4.78 is 29.4. The number of likely N-dealkylation sites (tertiary alicyclic amines) is 1. The Labute approximate surface area is 128 Å². The zero-order chi connectivity index (χ0) is 15.6. The van der Waals surface area contributed by atoms with Crippen LogP contribution in [0.3, 0.4) is 0 Å². The van der Waals surface area contributed by atoms with Crippen molar-refractivity contribution in [3.05, 3.63) is 11.3 Å². The van der Waals surface area contributed by atoms with E-state index in [0.29, 0.717) is 24.3 Å². The molecular formula is C12H20N4O3S2. The van der Waals surface area contributed by atoms with Gasteiger partial charge in [-0.1, -0.05) is 0 Å². The van der Waals surface area contributed by atoms with Crippen molar-refractivity contribution in [1.29, 1.82) is 0 Å². The third-order valence-corrected chi connectivity index (χ3v) is 5.11. The first kappa shape index (κ1) is 16.2. The minimum Gasteiger partial charge on any atom is -0.378 e. The molecule has 0 saturated carbocycles. The van der Waals surface area contributed by atoms with Gasteiger partial charge in [-0.2, -0.15) is 4.37 Å². The number of nitrogens with one attached hydrogen (secondary N) is 2. The van der Waals surface area contributed by atoms with Crippen LogP contribution < -0.4 is 10.0 Å². The number of nitrogens with zero attached hydrogens (tertiary/aromatic N) is 2. The van der Waals surface area contributed by atoms with Gasteiger partial charge in [0.15, 0.2) is 0 Å². The van der Waals surface area contributed by atoms with Gasteiger partial charge in [0.25, 0.3) is 5.91 Å². The maximum Gasteiger partial charge on any atom is 0.258 e. The van der Waals surface area contributed by atoms with E-state index in [9.17, 15) is 13.2 Å². The van der Waals surface area contributed by atoms with Crippen LogP contribution in [0.5, 0.6) is 0 Å². The molecule has 1 aromatic heterocycles. The van der Waals surface area contributed by atoms with E-state index in [0.717, 1.165) is 24.1 Å². The molecule has 118 valence electrons. The molecule has 0 radical (unpaired) electrons. The number of sulfonamides is 1. The zero-order valence-corrected chi connectivity index (χ0v) is 14.0. The van der Waals surface area contributed by atoms with Crippen molar-refractivity contribution in [3.8, 4) is 0 Å². The number of piperidine rings is 1. The van der Waals surface area contributed by atoms with Crippen LogP contribution >= 0.6 is 11.5 Å². The Bertz CT molecular complexity index is 626. The van der Waals surface area contributed by atoms with E-state index in [1.807, 2.05) is 0 Å². The number of anilines is 1. The molecule has 0 aliphatic carbocycles. The molecule has 7 nitrogen and oxygen atoms in total. The van der Waals surface area contributed by atoms with Gasteiger partial charge in [-0.05, 0) is 31.3 Å². The molecule has 1 aliphatic heterocycles. The fourth-order valence-corrected chi connectivity index (χ4v) is 4.05. The maximum atomic E-state index is 12.6.